The van der Waals surface area contributed by atoms with Gasteiger partial charge >= 0.3 is 0 Å². The van der Waals surface area contributed by atoms with Crippen LogP contribution in [-0.4, -0.2) is 43.8 Å². The van der Waals surface area contributed by atoms with Crippen LogP contribution < -0.4 is 9.62 Å². The van der Waals surface area contributed by atoms with E-state index in [1.54, 1.807) is 48.5 Å². The van der Waals surface area contributed by atoms with Gasteiger partial charge < -0.3 is 10.2 Å². The zero-order valence-corrected chi connectivity index (χ0v) is 24.8. The fourth-order valence-electron chi connectivity index (χ4n) is 5.07. The number of nitrogens with zero attached hydrogens (tertiary/aromatic N) is 2. The summed E-state index contributed by atoms with van der Waals surface area (Å²) in [5.74, 6) is -1.42. The maximum Gasteiger partial charge on any atom is 0.264 e. The summed E-state index contributed by atoms with van der Waals surface area (Å²) in [7, 11) is -4.27. The zero-order valence-electron chi connectivity index (χ0n) is 23.2. The number of hydrogen-bond acceptors (Lipinski definition) is 4. The lowest BCUT2D eigenvalue weighted by Gasteiger charge is -2.34. The Hall–Kier alpha value is -3.43. The van der Waals surface area contributed by atoms with Gasteiger partial charge in [-0.15, -0.1) is 0 Å². The molecule has 0 aromatic heterocycles. The highest BCUT2D eigenvalue weighted by Gasteiger charge is 2.34. The summed E-state index contributed by atoms with van der Waals surface area (Å²) < 4.78 is 42.3. The predicted octanol–water partition coefficient (Wildman–Crippen LogP) is 5.85. The van der Waals surface area contributed by atoms with Gasteiger partial charge in [-0.2, -0.15) is 0 Å². The molecule has 1 aliphatic rings. The minimum absolute atomic E-state index is 0.0213. The van der Waals surface area contributed by atoms with Gasteiger partial charge in [0, 0.05) is 17.6 Å². The van der Waals surface area contributed by atoms with Crippen LogP contribution in [0.2, 0.25) is 5.02 Å². The van der Waals surface area contributed by atoms with Crippen LogP contribution >= 0.6 is 11.6 Å². The van der Waals surface area contributed by atoms with E-state index in [1.165, 1.54) is 17.0 Å². The molecular weight excluding hydrogens is 565 g/mol. The number of aryl methyl sites for hydroxylation is 1. The van der Waals surface area contributed by atoms with Crippen LogP contribution in [0.25, 0.3) is 0 Å². The third-order valence-corrected chi connectivity index (χ3v) is 9.55. The van der Waals surface area contributed by atoms with E-state index in [4.69, 9.17) is 11.6 Å². The third-order valence-electron chi connectivity index (χ3n) is 7.39. The largest absolute Gasteiger partial charge is 0.352 e. The lowest BCUT2D eigenvalue weighted by Crippen LogP contribution is -2.53. The van der Waals surface area contributed by atoms with E-state index in [0.717, 1.165) is 47.7 Å². The van der Waals surface area contributed by atoms with E-state index >= 15 is 0 Å². The van der Waals surface area contributed by atoms with Gasteiger partial charge in [0.2, 0.25) is 11.8 Å². The first-order valence-electron chi connectivity index (χ1n) is 13.8. The Labute approximate surface area is 246 Å². The molecule has 1 N–H and O–H groups in total. The number of rotatable bonds is 11. The monoisotopic (exact) mass is 599 g/mol. The van der Waals surface area contributed by atoms with Crippen LogP contribution in [0.5, 0.6) is 0 Å². The van der Waals surface area contributed by atoms with E-state index in [9.17, 15) is 22.4 Å². The molecule has 1 saturated carbocycles. The van der Waals surface area contributed by atoms with Crippen LogP contribution in [0.4, 0.5) is 10.1 Å². The maximum absolute atomic E-state index is 14.1. The summed E-state index contributed by atoms with van der Waals surface area (Å²) in [5, 5.41) is 3.52. The molecule has 3 aromatic rings. The first-order valence-corrected chi connectivity index (χ1v) is 15.6. The smallest absolute Gasteiger partial charge is 0.264 e. The van der Waals surface area contributed by atoms with Crippen molar-refractivity contribution in [2.45, 2.75) is 69.5 Å². The number of sulfonamides is 1. The van der Waals surface area contributed by atoms with Crippen LogP contribution in [0, 0.1) is 12.7 Å². The van der Waals surface area contributed by atoms with E-state index < -0.39 is 34.3 Å². The third kappa shape index (κ3) is 7.45. The van der Waals surface area contributed by atoms with Crippen LogP contribution in [0.1, 0.15) is 50.2 Å². The van der Waals surface area contributed by atoms with Gasteiger partial charge in [0.1, 0.15) is 18.4 Å². The van der Waals surface area contributed by atoms with Crippen molar-refractivity contribution < 1.29 is 22.4 Å². The summed E-state index contributed by atoms with van der Waals surface area (Å²) >= 11 is 6.44. The average Bonchev–Trinajstić information content (AvgIpc) is 3.46. The Bertz CT molecular complexity index is 1460. The molecular formula is C31H35ClFN3O4S. The van der Waals surface area contributed by atoms with Gasteiger partial charge in [-0.25, -0.2) is 12.8 Å². The first kappa shape index (κ1) is 30.5. The molecule has 1 atom stereocenters. The molecule has 7 nitrogen and oxygen atoms in total. The predicted molar refractivity (Wildman–Crippen MR) is 159 cm³/mol. The van der Waals surface area contributed by atoms with Crippen molar-refractivity contribution in [3.63, 3.8) is 0 Å². The standard InChI is InChI=1S/C31H35ClFN3O4S/c1-3-29(31(38)34-25-9-5-6-10-25)35(20-23-8-4-7-11-28(23)32)30(37)21-36(26-16-12-22(2)13-17-26)41(39,40)27-18-14-24(33)15-19-27/h4,7-8,11-19,25,29H,3,5-6,9-10,20-21H2,1-2H3,(H,34,38). The van der Waals surface area contributed by atoms with Gasteiger partial charge in [0.25, 0.3) is 10.0 Å². The molecule has 1 unspecified atom stereocenters. The Kier molecular flexibility index (Phi) is 10.0. The number of hydrogen-bond donors (Lipinski definition) is 1. The van der Waals surface area contributed by atoms with Crippen LogP contribution in [-0.2, 0) is 26.2 Å². The highest BCUT2D eigenvalue weighted by atomic mass is 35.5. The first-order chi connectivity index (χ1) is 19.6. The van der Waals surface area contributed by atoms with Gasteiger partial charge in [-0.1, -0.05) is 67.3 Å². The topological polar surface area (TPSA) is 86.8 Å². The lowest BCUT2D eigenvalue weighted by molar-refractivity contribution is -0.140. The van der Waals surface area contributed by atoms with Crippen LogP contribution in [0.3, 0.4) is 0 Å². The Morgan fingerprint density at radius 3 is 2.24 bits per heavy atom. The second-order valence-corrected chi connectivity index (χ2v) is 12.6. The minimum Gasteiger partial charge on any atom is -0.352 e. The van der Waals surface area contributed by atoms with E-state index in [1.807, 2.05) is 13.8 Å². The van der Waals surface area contributed by atoms with Gasteiger partial charge in [0.15, 0.2) is 0 Å². The summed E-state index contributed by atoms with van der Waals surface area (Å²) in [6, 6.07) is 17.5. The highest BCUT2D eigenvalue weighted by molar-refractivity contribution is 7.92. The number of benzene rings is 3. The quantitative estimate of drug-likeness (QED) is 0.300. The second-order valence-electron chi connectivity index (χ2n) is 10.3. The summed E-state index contributed by atoms with van der Waals surface area (Å²) in [5.41, 5.74) is 1.82. The van der Waals surface area contributed by atoms with Gasteiger partial charge in [-0.05, 0) is 74.2 Å². The van der Waals surface area contributed by atoms with E-state index in [2.05, 4.69) is 5.32 Å². The van der Waals surface area contributed by atoms with E-state index in [-0.39, 0.29) is 29.1 Å². The normalized spacial score (nSPS) is 14.4. The number of nitrogens with one attached hydrogen (secondary N) is 1. The SMILES string of the molecule is CCC(C(=O)NC1CCCC1)N(Cc1ccccc1Cl)C(=O)CN(c1ccc(C)cc1)S(=O)(=O)c1ccc(F)cc1. The molecule has 2 amide bonds. The molecule has 1 fully saturated rings. The Morgan fingerprint density at radius 2 is 1.63 bits per heavy atom. The van der Waals surface area contributed by atoms with Crippen molar-refractivity contribution in [2.24, 2.45) is 0 Å². The van der Waals surface area contributed by atoms with Crippen molar-refractivity contribution in [1.82, 2.24) is 10.2 Å². The lowest BCUT2D eigenvalue weighted by atomic mass is 10.1. The van der Waals surface area contributed by atoms with Crippen molar-refractivity contribution in [2.75, 3.05) is 10.8 Å². The zero-order chi connectivity index (χ0) is 29.6. The molecule has 0 radical (unpaired) electrons. The highest BCUT2D eigenvalue weighted by Crippen LogP contribution is 2.27. The Morgan fingerprint density at radius 1 is 1.00 bits per heavy atom. The molecule has 0 aliphatic heterocycles. The molecule has 4 rings (SSSR count). The molecule has 10 heteroatoms. The molecule has 0 spiro atoms. The number of halogens is 2. The number of carbonyl (C=O) groups is 2. The van der Waals surface area contributed by atoms with E-state index in [0.29, 0.717) is 17.0 Å². The molecule has 1 aliphatic carbocycles. The number of amides is 2. The van der Waals surface area contributed by atoms with Crippen molar-refractivity contribution >= 4 is 39.1 Å². The minimum atomic E-state index is -4.27. The molecule has 0 bridgehead atoms. The number of anilines is 1. The second kappa shape index (κ2) is 13.5. The number of carbonyl (C=O) groups excluding carboxylic acids is 2. The van der Waals surface area contributed by atoms with Gasteiger partial charge in [-0.3, -0.25) is 13.9 Å². The molecule has 0 heterocycles. The Balaban J connectivity index is 1.72. The summed E-state index contributed by atoms with van der Waals surface area (Å²) in [6.07, 6.45) is 4.17. The fourth-order valence-corrected chi connectivity index (χ4v) is 6.68. The maximum atomic E-state index is 14.1. The molecule has 41 heavy (non-hydrogen) atoms. The summed E-state index contributed by atoms with van der Waals surface area (Å²) in [6.45, 7) is 3.14. The van der Waals surface area contributed by atoms with Crippen LogP contribution in [0.15, 0.2) is 77.7 Å². The molecule has 3 aromatic carbocycles. The van der Waals surface area contributed by atoms with Crippen molar-refractivity contribution in [3.8, 4) is 0 Å². The fraction of sp³-hybridized carbons (Fsp3) is 0.355. The van der Waals surface area contributed by atoms with Crippen molar-refractivity contribution in [3.05, 3.63) is 94.8 Å². The summed E-state index contributed by atoms with van der Waals surface area (Å²) in [4.78, 5) is 28.9. The molecule has 0 saturated heterocycles. The average molecular weight is 600 g/mol. The van der Waals surface area contributed by atoms with Gasteiger partial charge in [0.05, 0.1) is 10.6 Å². The molecule has 218 valence electrons. The van der Waals surface area contributed by atoms with Crippen molar-refractivity contribution in [1.29, 1.82) is 0 Å².